The van der Waals surface area contributed by atoms with Crippen LogP contribution in [0.15, 0.2) is 103 Å². The molecule has 0 saturated heterocycles. The number of nitrogens with zero attached hydrogens (tertiary/aromatic N) is 2. The Morgan fingerprint density at radius 1 is 0.571 bits per heavy atom. The van der Waals surface area contributed by atoms with Crippen molar-refractivity contribution >= 4 is 40.7 Å². The van der Waals surface area contributed by atoms with E-state index in [4.69, 9.17) is 0 Å². The second kappa shape index (κ2) is 6.93. The maximum absolute atomic E-state index is 2.29. The van der Waals surface area contributed by atoms with Gasteiger partial charge in [0.05, 0.1) is 0 Å². The maximum Gasteiger partial charge on any atom is 0.401 e. The van der Waals surface area contributed by atoms with Crippen molar-refractivity contribution in [1.82, 2.24) is 4.48 Å². The fourth-order valence-corrected chi connectivity index (χ4v) is 3.77. The van der Waals surface area contributed by atoms with E-state index < -0.39 is 0 Å². The van der Waals surface area contributed by atoms with Crippen molar-refractivity contribution in [2.75, 3.05) is 4.81 Å². The standard InChI is InChI=1S/C25H20BN2/c1-19-15-17-21(18-16-19)27(20-9-3-2-4-10-20)26-28-24-13-7-5-11-22(24)23-12-6-8-14-25(23)28/h2-18H,1H3. The lowest BCUT2D eigenvalue weighted by atomic mass is 10.0. The third kappa shape index (κ3) is 2.85. The van der Waals surface area contributed by atoms with Crippen LogP contribution in [0, 0.1) is 6.92 Å². The summed E-state index contributed by atoms with van der Waals surface area (Å²) < 4.78 is 2.29. The van der Waals surface area contributed by atoms with Gasteiger partial charge in [0, 0.05) is 33.2 Å². The van der Waals surface area contributed by atoms with Crippen LogP contribution in [0.5, 0.6) is 0 Å². The minimum absolute atomic E-state index is 1.13. The van der Waals surface area contributed by atoms with E-state index in [1.807, 2.05) is 0 Å². The Balaban J connectivity index is 1.70. The van der Waals surface area contributed by atoms with Gasteiger partial charge in [0.15, 0.2) is 0 Å². The molecular weight excluding hydrogens is 339 g/mol. The van der Waals surface area contributed by atoms with Gasteiger partial charge in [-0.2, -0.15) is 0 Å². The second-order valence-electron chi connectivity index (χ2n) is 7.06. The monoisotopic (exact) mass is 359 g/mol. The average molecular weight is 359 g/mol. The van der Waals surface area contributed by atoms with Gasteiger partial charge in [-0.05, 0) is 43.3 Å². The molecule has 0 aliphatic rings. The van der Waals surface area contributed by atoms with Gasteiger partial charge in [-0.25, -0.2) is 0 Å². The van der Waals surface area contributed by atoms with Crippen molar-refractivity contribution in [3.8, 4) is 0 Å². The number of fused-ring (bicyclic) bond motifs is 3. The van der Waals surface area contributed by atoms with Gasteiger partial charge in [0.25, 0.3) is 0 Å². The number of aromatic nitrogens is 1. The zero-order valence-corrected chi connectivity index (χ0v) is 15.8. The molecule has 1 radical (unpaired) electrons. The molecule has 5 rings (SSSR count). The molecule has 133 valence electrons. The van der Waals surface area contributed by atoms with Gasteiger partial charge in [-0.1, -0.05) is 72.3 Å². The highest BCUT2D eigenvalue weighted by Crippen LogP contribution is 2.31. The summed E-state index contributed by atoms with van der Waals surface area (Å²) in [5.74, 6) is 0. The predicted octanol–water partition coefficient (Wildman–Crippen LogP) is 6.32. The lowest BCUT2D eigenvalue weighted by Crippen LogP contribution is -2.28. The molecule has 0 unspecified atom stereocenters. The number of hydrogen-bond acceptors (Lipinski definition) is 1. The summed E-state index contributed by atoms with van der Waals surface area (Å²) in [4.78, 5) is 2.25. The van der Waals surface area contributed by atoms with Crippen molar-refractivity contribution in [1.29, 1.82) is 0 Å². The normalized spacial score (nSPS) is 11.0. The summed E-state index contributed by atoms with van der Waals surface area (Å²) in [5, 5.41) is 2.54. The summed E-state index contributed by atoms with van der Waals surface area (Å²) in [6, 6.07) is 36.3. The average Bonchev–Trinajstić information content (AvgIpc) is 3.07. The van der Waals surface area contributed by atoms with Gasteiger partial charge < -0.3 is 9.29 Å². The molecule has 0 bridgehead atoms. The van der Waals surface area contributed by atoms with E-state index in [1.165, 1.54) is 27.4 Å². The van der Waals surface area contributed by atoms with E-state index >= 15 is 0 Å². The molecule has 5 aromatic rings. The van der Waals surface area contributed by atoms with Crippen LogP contribution in [-0.2, 0) is 0 Å². The zero-order chi connectivity index (χ0) is 18.9. The number of hydrogen-bond donors (Lipinski definition) is 0. The molecule has 0 aliphatic carbocycles. The molecule has 0 fully saturated rings. The first-order valence-corrected chi connectivity index (χ1v) is 9.55. The topological polar surface area (TPSA) is 8.17 Å². The summed E-state index contributed by atoms with van der Waals surface area (Å²) in [7, 11) is 2.20. The van der Waals surface area contributed by atoms with Crippen molar-refractivity contribution in [3.63, 3.8) is 0 Å². The van der Waals surface area contributed by atoms with Crippen LogP contribution < -0.4 is 4.81 Å². The Labute approximate surface area is 165 Å². The summed E-state index contributed by atoms with van der Waals surface area (Å²) in [6.45, 7) is 2.12. The van der Waals surface area contributed by atoms with E-state index in [-0.39, 0.29) is 0 Å². The molecule has 0 aliphatic heterocycles. The highest BCUT2D eigenvalue weighted by atomic mass is 15.1. The van der Waals surface area contributed by atoms with Crippen molar-refractivity contribution in [2.24, 2.45) is 0 Å². The van der Waals surface area contributed by atoms with Crippen LogP contribution in [0.25, 0.3) is 21.8 Å². The SMILES string of the molecule is Cc1ccc(N([B]n2c3ccccc3c3ccccc32)c2ccccc2)cc1. The number of para-hydroxylation sites is 3. The summed E-state index contributed by atoms with van der Waals surface area (Å²) in [5.41, 5.74) is 5.94. The Morgan fingerprint density at radius 3 is 1.68 bits per heavy atom. The van der Waals surface area contributed by atoms with E-state index in [0.717, 1.165) is 11.4 Å². The van der Waals surface area contributed by atoms with Gasteiger partial charge in [-0.15, -0.1) is 0 Å². The zero-order valence-electron chi connectivity index (χ0n) is 15.8. The second-order valence-corrected chi connectivity index (χ2v) is 7.06. The van der Waals surface area contributed by atoms with Crippen LogP contribution in [0.1, 0.15) is 5.56 Å². The molecule has 1 heterocycles. The van der Waals surface area contributed by atoms with Gasteiger partial charge in [0.2, 0.25) is 0 Å². The lowest BCUT2D eigenvalue weighted by Gasteiger charge is -2.25. The Morgan fingerprint density at radius 2 is 1.07 bits per heavy atom. The van der Waals surface area contributed by atoms with Crippen molar-refractivity contribution in [2.45, 2.75) is 6.92 Å². The first-order valence-electron chi connectivity index (χ1n) is 9.55. The molecule has 4 aromatic carbocycles. The largest absolute Gasteiger partial charge is 0.401 e. The van der Waals surface area contributed by atoms with Crippen LogP contribution in [0.4, 0.5) is 11.4 Å². The third-order valence-corrected chi connectivity index (χ3v) is 5.19. The minimum Gasteiger partial charge on any atom is -0.369 e. The van der Waals surface area contributed by atoms with Crippen LogP contribution >= 0.6 is 0 Å². The van der Waals surface area contributed by atoms with Gasteiger partial charge in [-0.3, -0.25) is 0 Å². The highest BCUT2D eigenvalue weighted by molar-refractivity contribution is 6.46. The van der Waals surface area contributed by atoms with Crippen LogP contribution in [0.2, 0.25) is 0 Å². The molecule has 0 saturated carbocycles. The lowest BCUT2D eigenvalue weighted by molar-refractivity contribution is 1.27. The highest BCUT2D eigenvalue weighted by Gasteiger charge is 2.17. The van der Waals surface area contributed by atoms with Crippen LogP contribution in [-0.4, -0.2) is 12.0 Å². The third-order valence-electron chi connectivity index (χ3n) is 5.19. The fraction of sp³-hybridized carbons (Fsp3) is 0.0400. The molecule has 0 N–H and O–H groups in total. The number of anilines is 2. The molecule has 3 heteroatoms. The minimum atomic E-state index is 1.13. The first-order chi connectivity index (χ1) is 13.8. The van der Waals surface area contributed by atoms with Crippen molar-refractivity contribution in [3.05, 3.63) is 109 Å². The molecule has 2 nitrogen and oxygen atoms in total. The number of benzene rings is 4. The smallest absolute Gasteiger partial charge is 0.369 e. The predicted molar refractivity (Wildman–Crippen MR) is 120 cm³/mol. The Hall–Kier alpha value is -3.46. The van der Waals surface area contributed by atoms with Crippen molar-refractivity contribution < 1.29 is 0 Å². The molecule has 0 spiro atoms. The molecular formula is C25H20BN2. The summed E-state index contributed by atoms with van der Waals surface area (Å²) in [6.07, 6.45) is 0. The fourth-order valence-electron chi connectivity index (χ4n) is 3.77. The maximum atomic E-state index is 2.29. The summed E-state index contributed by atoms with van der Waals surface area (Å²) >= 11 is 0. The number of aryl methyl sites for hydroxylation is 1. The molecule has 1 aromatic heterocycles. The van der Waals surface area contributed by atoms with E-state index in [0.29, 0.717) is 0 Å². The van der Waals surface area contributed by atoms with Gasteiger partial charge in [0.1, 0.15) is 0 Å². The first kappa shape index (κ1) is 16.7. The Kier molecular flexibility index (Phi) is 4.14. The Bertz CT molecular complexity index is 1190. The van der Waals surface area contributed by atoms with E-state index in [1.54, 1.807) is 0 Å². The number of rotatable bonds is 4. The quantitative estimate of drug-likeness (QED) is 0.341. The van der Waals surface area contributed by atoms with Gasteiger partial charge >= 0.3 is 7.55 Å². The van der Waals surface area contributed by atoms with E-state index in [2.05, 4.69) is 127 Å². The molecule has 28 heavy (non-hydrogen) atoms. The van der Waals surface area contributed by atoms with E-state index in [9.17, 15) is 0 Å². The molecule has 0 atom stereocenters. The van der Waals surface area contributed by atoms with Crippen LogP contribution in [0.3, 0.4) is 0 Å². The molecule has 0 amide bonds.